The van der Waals surface area contributed by atoms with Crippen LogP contribution in [0.2, 0.25) is 10.0 Å². The van der Waals surface area contributed by atoms with Crippen LogP contribution in [0, 0.1) is 0 Å². The van der Waals surface area contributed by atoms with E-state index < -0.39 is 16.1 Å². The van der Waals surface area contributed by atoms with Crippen molar-refractivity contribution in [3.8, 4) is 0 Å². The van der Waals surface area contributed by atoms with Crippen molar-refractivity contribution in [2.45, 2.75) is 10.9 Å². The maximum absolute atomic E-state index is 13.0. The molecule has 0 saturated carbocycles. The van der Waals surface area contributed by atoms with Crippen molar-refractivity contribution in [2.24, 2.45) is 0 Å². The lowest BCUT2D eigenvalue weighted by molar-refractivity contribution is -0.126. The molecule has 0 aliphatic carbocycles. The lowest BCUT2D eigenvalue weighted by Crippen LogP contribution is -2.52. The van der Waals surface area contributed by atoms with Crippen LogP contribution in [-0.2, 0) is 14.8 Å². The molecule has 1 aliphatic rings. The molecule has 1 saturated heterocycles. The summed E-state index contributed by atoms with van der Waals surface area (Å²) < 4.78 is 27.2. The van der Waals surface area contributed by atoms with Crippen molar-refractivity contribution in [1.82, 2.24) is 9.62 Å². The van der Waals surface area contributed by atoms with Gasteiger partial charge in [-0.1, -0.05) is 53.5 Å². The van der Waals surface area contributed by atoms with Gasteiger partial charge in [0.1, 0.15) is 6.04 Å². The summed E-state index contributed by atoms with van der Waals surface area (Å²) in [5.74, 6) is -0.351. The van der Waals surface area contributed by atoms with Crippen LogP contribution in [0.4, 0.5) is 0 Å². The van der Waals surface area contributed by atoms with Crippen molar-refractivity contribution in [1.29, 1.82) is 0 Å². The van der Waals surface area contributed by atoms with Crippen LogP contribution in [0.3, 0.4) is 0 Å². The maximum Gasteiger partial charge on any atom is 0.244 e. The molecule has 1 unspecified atom stereocenters. The van der Waals surface area contributed by atoms with Gasteiger partial charge in [0.25, 0.3) is 0 Å². The molecule has 2 aromatic carbocycles. The molecular formula is C16H14Cl2N2O3S. The Bertz CT molecular complexity index is 872. The number of sulfonamides is 1. The summed E-state index contributed by atoms with van der Waals surface area (Å²) >= 11 is 11.8. The van der Waals surface area contributed by atoms with Crippen molar-refractivity contribution in [2.75, 3.05) is 13.1 Å². The van der Waals surface area contributed by atoms with Crippen LogP contribution in [0.5, 0.6) is 0 Å². The van der Waals surface area contributed by atoms with E-state index in [4.69, 9.17) is 23.2 Å². The van der Waals surface area contributed by atoms with Gasteiger partial charge in [0, 0.05) is 13.1 Å². The van der Waals surface area contributed by atoms with Crippen LogP contribution < -0.4 is 5.32 Å². The first-order valence-corrected chi connectivity index (χ1v) is 9.40. The fraction of sp³-hybridized carbons (Fsp3) is 0.188. The summed E-state index contributed by atoms with van der Waals surface area (Å²) in [5.41, 5.74) is 0.610. The van der Waals surface area contributed by atoms with Gasteiger partial charge in [-0.3, -0.25) is 4.79 Å². The van der Waals surface area contributed by atoms with Gasteiger partial charge in [0.2, 0.25) is 15.9 Å². The van der Waals surface area contributed by atoms with Crippen LogP contribution >= 0.6 is 23.2 Å². The normalized spacial score (nSPS) is 19.1. The number of hydrogen-bond acceptors (Lipinski definition) is 3. The van der Waals surface area contributed by atoms with E-state index in [1.807, 2.05) is 6.07 Å². The smallest absolute Gasteiger partial charge is 0.244 e. The predicted molar refractivity (Wildman–Crippen MR) is 92.5 cm³/mol. The summed E-state index contributed by atoms with van der Waals surface area (Å²) in [6.07, 6.45) is 0. The van der Waals surface area contributed by atoms with Crippen molar-refractivity contribution in [3.05, 3.63) is 64.1 Å². The minimum Gasteiger partial charge on any atom is -0.353 e. The fourth-order valence-electron chi connectivity index (χ4n) is 2.63. The number of piperazine rings is 1. The molecule has 0 radical (unpaired) electrons. The molecule has 0 aromatic heterocycles. The monoisotopic (exact) mass is 384 g/mol. The Labute approximate surface area is 150 Å². The van der Waals surface area contributed by atoms with E-state index in [2.05, 4.69) is 5.32 Å². The summed E-state index contributed by atoms with van der Waals surface area (Å²) in [7, 11) is -3.90. The Morgan fingerprint density at radius 3 is 2.42 bits per heavy atom. The summed E-state index contributed by atoms with van der Waals surface area (Å²) in [4.78, 5) is 12.3. The third kappa shape index (κ3) is 3.15. The molecule has 126 valence electrons. The second-order valence-corrected chi connectivity index (χ2v) is 8.00. The molecular weight excluding hydrogens is 371 g/mol. The molecule has 1 aliphatic heterocycles. The van der Waals surface area contributed by atoms with E-state index in [9.17, 15) is 13.2 Å². The van der Waals surface area contributed by atoms with Crippen molar-refractivity contribution in [3.63, 3.8) is 0 Å². The number of nitrogens with one attached hydrogen (secondary N) is 1. The van der Waals surface area contributed by atoms with Crippen molar-refractivity contribution < 1.29 is 13.2 Å². The highest BCUT2D eigenvalue weighted by Gasteiger charge is 2.39. The van der Waals surface area contributed by atoms with Crippen LogP contribution in [0.15, 0.2) is 53.4 Å². The highest BCUT2D eigenvalue weighted by atomic mass is 35.5. The first-order valence-electron chi connectivity index (χ1n) is 7.21. The molecule has 1 atom stereocenters. The molecule has 3 rings (SSSR count). The summed E-state index contributed by atoms with van der Waals surface area (Å²) in [6.45, 7) is 0.427. The van der Waals surface area contributed by atoms with E-state index in [0.29, 0.717) is 5.56 Å². The molecule has 1 amide bonds. The molecule has 5 nitrogen and oxygen atoms in total. The first-order chi connectivity index (χ1) is 11.4. The van der Waals surface area contributed by atoms with Gasteiger partial charge < -0.3 is 5.32 Å². The van der Waals surface area contributed by atoms with Crippen LogP contribution in [0.1, 0.15) is 11.6 Å². The zero-order valence-electron chi connectivity index (χ0n) is 12.4. The summed E-state index contributed by atoms with van der Waals surface area (Å²) in [5, 5.41) is 3.13. The number of carbonyl (C=O) groups excluding carboxylic acids is 1. The standard InChI is InChI=1S/C16H14Cl2N2O3S/c17-13-7-6-12(10-14(13)18)24(22,23)20-9-8-19-16(21)15(20)11-4-2-1-3-5-11/h1-7,10,15H,8-9H2,(H,19,21). The second kappa shape index (κ2) is 6.72. The highest BCUT2D eigenvalue weighted by molar-refractivity contribution is 7.89. The number of benzene rings is 2. The third-order valence-electron chi connectivity index (χ3n) is 3.78. The number of amides is 1. The fourth-order valence-corrected chi connectivity index (χ4v) is 4.60. The second-order valence-electron chi connectivity index (χ2n) is 5.30. The molecule has 2 aromatic rings. The minimum atomic E-state index is -3.90. The van der Waals surface area contributed by atoms with Gasteiger partial charge in [-0.25, -0.2) is 8.42 Å². The highest BCUT2D eigenvalue weighted by Crippen LogP contribution is 2.32. The molecule has 8 heteroatoms. The van der Waals surface area contributed by atoms with E-state index in [-0.39, 0.29) is 33.9 Å². The quantitative estimate of drug-likeness (QED) is 0.884. The Balaban J connectivity index is 2.06. The molecule has 1 heterocycles. The predicted octanol–water partition coefficient (Wildman–Crippen LogP) is 2.86. The average molecular weight is 385 g/mol. The van der Waals surface area contributed by atoms with Crippen LogP contribution in [0.25, 0.3) is 0 Å². The third-order valence-corrected chi connectivity index (χ3v) is 6.38. The average Bonchev–Trinajstić information content (AvgIpc) is 2.57. The lowest BCUT2D eigenvalue weighted by Gasteiger charge is -2.34. The van der Waals surface area contributed by atoms with E-state index in [1.165, 1.54) is 22.5 Å². The molecule has 1 fully saturated rings. The first kappa shape index (κ1) is 17.2. The Kier molecular flexibility index (Phi) is 4.83. The topological polar surface area (TPSA) is 66.5 Å². The Morgan fingerprint density at radius 2 is 1.75 bits per heavy atom. The van der Waals surface area contributed by atoms with Gasteiger partial charge in [0.05, 0.1) is 14.9 Å². The number of hydrogen-bond donors (Lipinski definition) is 1. The molecule has 1 N–H and O–H groups in total. The van der Waals surface area contributed by atoms with Gasteiger partial charge in [-0.05, 0) is 23.8 Å². The van der Waals surface area contributed by atoms with E-state index >= 15 is 0 Å². The number of rotatable bonds is 3. The van der Waals surface area contributed by atoms with E-state index in [0.717, 1.165) is 0 Å². The Hall–Kier alpha value is -1.60. The van der Waals surface area contributed by atoms with Gasteiger partial charge in [0.15, 0.2) is 0 Å². The molecule has 0 bridgehead atoms. The Morgan fingerprint density at radius 1 is 1.04 bits per heavy atom. The SMILES string of the molecule is O=C1NCCN(S(=O)(=O)c2ccc(Cl)c(Cl)c2)C1c1ccccc1. The summed E-state index contributed by atoms with van der Waals surface area (Å²) in [6, 6.07) is 12.0. The number of nitrogens with zero attached hydrogens (tertiary/aromatic N) is 1. The molecule has 0 spiro atoms. The van der Waals surface area contributed by atoms with Gasteiger partial charge in [-0.15, -0.1) is 0 Å². The van der Waals surface area contributed by atoms with Gasteiger partial charge in [-0.2, -0.15) is 4.31 Å². The van der Waals surface area contributed by atoms with Gasteiger partial charge >= 0.3 is 0 Å². The minimum absolute atomic E-state index is 0.00697. The zero-order valence-corrected chi connectivity index (χ0v) is 14.8. The lowest BCUT2D eigenvalue weighted by atomic mass is 10.1. The largest absolute Gasteiger partial charge is 0.353 e. The van der Waals surface area contributed by atoms with Crippen molar-refractivity contribution >= 4 is 39.1 Å². The number of carbonyl (C=O) groups is 1. The van der Waals surface area contributed by atoms with Crippen LogP contribution in [-0.4, -0.2) is 31.7 Å². The zero-order chi connectivity index (χ0) is 17.3. The molecule has 24 heavy (non-hydrogen) atoms. The maximum atomic E-state index is 13.0. The number of halogens is 2. The van der Waals surface area contributed by atoms with E-state index in [1.54, 1.807) is 24.3 Å².